The Kier molecular flexibility index (Phi) is 1.60. The van der Waals surface area contributed by atoms with Gasteiger partial charge in [-0.15, -0.1) is 0 Å². The highest BCUT2D eigenvalue weighted by Crippen LogP contribution is 2.72. The topological polar surface area (TPSA) is 23.8 Å². The van der Waals surface area contributed by atoms with E-state index in [1.54, 1.807) is 0 Å². The maximum absolute atomic E-state index is 9.18. The molecule has 3 aliphatic carbocycles. The van der Waals surface area contributed by atoms with Crippen LogP contribution in [-0.2, 0) is 0 Å². The summed E-state index contributed by atoms with van der Waals surface area (Å²) < 4.78 is 0. The predicted octanol–water partition coefficient (Wildman–Crippen LogP) is 3.43. The van der Waals surface area contributed by atoms with Crippen molar-refractivity contribution >= 4 is 0 Å². The molecule has 0 radical (unpaired) electrons. The second-order valence-electron chi connectivity index (χ2n) is 5.41. The molecular formula is C13H17N. The van der Waals surface area contributed by atoms with Gasteiger partial charge in [0.15, 0.2) is 0 Å². The number of rotatable bonds is 0. The van der Waals surface area contributed by atoms with E-state index in [1.165, 1.54) is 44.9 Å². The second kappa shape index (κ2) is 2.63. The summed E-state index contributed by atoms with van der Waals surface area (Å²) in [6, 6.07) is 2.55. The summed E-state index contributed by atoms with van der Waals surface area (Å²) >= 11 is 0. The average molecular weight is 187 g/mol. The normalized spacial score (nSPS) is 49.8. The third-order valence-electron chi connectivity index (χ3n) is 5.16. The second-order valence-corrected chi connectivity index (χ2v) is 5.41. The van der Waals surface area contributed by atoms with E-state index in [4.69, 9.17) is 0 Å². The molecule has 0 heterocycles. The van der Waals surface area contributed by atoms with Crippen LogP contribution in [0.3, 0.4) is 0 Å². The molecule has 0 amide bonds. The highest BCUT2D eigenvalue weighted by molar-refractivity contribution is 5.24. The van der Waals surface area contributed by atoms with Gasteiger partial charge in [0.2, 0.25) is 0 Å². The van der Waals surface area contributed by atoms with Crippen molar-refractivity contribution in [3.8, 4) is 6.07 Å². The third kappa shape index (κ3) is 0.764. The van der Waals surface area contributed by atoms with Crippen LogP contribution in [0.1, 0.15) is 44.9 Å². The molecule has 0 aliphatic heterocycles. The maximum atomic E-state index is 9.18. The van der Waals surface area contributed by atoms with E-state index in [-0.39, 0.29) is 0 Å². The third-order valence-corrected chi connectivity index (χ3v) is 5.16. The lowest BCUT2D eigenvalue weighted by Crippen LogP contribution is -2.60. The van der Waals surface area contributed by atoms with Crippen LogP contribution in [-0.4, -0.2) is 0 Å². The van der Waals surface area contributed by atoms with Gasteiger partial charge in [-0.25, -0.2) is 0 Å². The van der Waals surface area contributed by atoms with Gasteiger partial charge in [0.1, 0.15) is 0 Å². The van der Waals surface area contributed by atoms with Crippen molar-refractivity contribution in [2.75, 3.05) is 0 Å². The Bertz CT molecular complexity index is 325. The Hall–Kier alpha value is -0.770. The summed E-state index contributed by atoms with van der Waals surface area (Å²) in [5.74, 6) is 0.368. The fourth-order valence-corrected chi connectivity index (χ4v) is 4.34. The zero-order valence-electron chi connectivity index (χ0n) is 8.63. The molecule has 0 saturated heterocycles. The van der Waals surface area contributed by atoms with Gasteiger partial charge in [-0.3, -0.25) is 0 Å². The van der Waals surface area contributed by atoms with Crippen LogP contribution in [0, 0.1) is 28.1 Å². The standard InChI is InChI=1S/C13H17N/c14-10-11-9-12-5-1-3-7-13(11,12)8-4-2-6-12/h1,3,11H,2,4-9H2. The minimum atomic E-state index is 0.368. The van der Waals surface area contributed by atoms with Crippen molar-refractivity contribution in [1.29, 1.82) is 5.26 Å². The maximum Gasteiger partial charge on any atom is 0.0662 e. The van der Waals surface area contributed by atoms with Crippen LogP contribution in [0.4, 0.5) is 0 Å². The van der Waals surface area contributed by atoms with Gasteiger partial charge in [0.05, 0.1) is 12.0 Å². The zero-order chi connectivity index (χ0) is 9.65. The molecule has 0 N–H and O–H groups in total. The lowest BCUT2D eigenvalue weighted by molar-refractivity contribution is -0.155. The molecule has 0 spiro atoms. The molecule has 3 rings (SSSR count). The molecule has 74 valence electrons. The first kappa shape index (κ1) is 8.53. The molecule has 0 aromatic heterocycles. The Labute approximate surface area is 85.8 Å². The number of hydrogen-bond acceptors (Lipinski definition) is 1. The molecule has 2 fully saturated rings. The van der Waals surface area contributed by atoms with E-state index in [9.17, 15) is 5.26 Å². The quantitative estimate of drug-likeness (QED) is 0.533. The SMILES string of the molecule is N#CC1CC23CC=CCC12CCCC3. The van der Waals surface area contributed by atoms with Crippen molar-refractivity contribution < 1.29 is 0 Å². The van der Waals surface area contributed by atoms with Crippen molar-refractivity contribution in [3.63, 3.8) is 0 Å². The summed E-state index contributed by atoms with van der Waals surface area (Å²) in [5.41, 5.74) is 0.967. The van der Waals surface area contributed by atoms with Gasteiger partial charge in [0, 0.05) is 0 Å². The Morgan fingerprint density at radius 2 is 1.93 bits per heavy atom. The van der Waals surface area contributed by atoms with Crippen molar-refractivity contribution in [3.05, 3.63) is 12.2 Å². The fourth-order valence-electron chi connectivity index (χ4n) is 4.34. The first-order chi connectivity index (χ1) is 6.83. The summed E-state index contributed by atoms with van der Waals surface area (Å²) in [6.07, 6.45) is 13.8. The van der Waals surface area contributed by atoms with Gasteiger partial charge < -0.3 is 0 Å². The number of allylic oxidation sites excluding steroid dienone is 2. The summed E-state index contributed by atoms with van der Waals surface area (Å²) in [4.78, 5) is 0. The van der Waals surface area contributed by atoms with Crippen LogP contribution < -0.4 is 0 Å². The van der Waals surface area contributed by atoms with Crippen LogP contribution in [0.15, 0.2) is 12.2 Å². The summed E-state index contributed by atoms with van der Waals surface area (Å²) in [7, 11) is 0. The average Bonchev–Trinajstić information content (AvgIpc) is 2.21. The van der Waals surface area contributed by atoms with Crippen LogP contribution in [0.5, 0.6) is 0 Å². The molecule has 1 nitrogen and oxygen atoms in total. The molecule has 2 saturated carbocycles. The van der Waals surface area contributed by atoms with Crippen molar-refractivity contribution in [2.24, 2.45) is 16.7 Å². The molecule has 14 heavy (non-hydrogen) atoms. The number of hydrogen-bond donors (Lipinski definition) is 0. The van der Waals surface area contributed by atoms with Crippen LogP contribution in [0.2, 0.25) is 0 Å². The van der Waals surface area contributed by atoms with E-state index in [0.717, 1.165) is 0 Å². The van der Waals surface area contributed by atoms with Gasteiger partial charge in [-0.1, -0.05) is 25.0 Å². The largest absolute Gasteiger partial charge is 0.198 e. The lowest BCUT2D eigenvalue weighted by atomic mass is 9.36. The minimum Gasteiger partial charge on any atom is -0.198 e. The highest BCUT2D eigenvalue weighted by Gasteiger charge is 2.65. The molecule has 3 unspecified atom stereocenters. The van der Waals surface area contributed by atoms with E-state index in [2.05, 4.69) is 18.2 Å². The first-order valence-corrected chi connectivity index (χ1v) is 5.88. The molecule has 3 aliphatic rings. The zero-order valence-corrected chi connectivity index (χ0v) is 8.63. The van der Waals surface area contributed by atoms with Crippen molar-refractivity contribution in [1.82, 2.24) is 0 Å². The number of nitrogens with zero attached hydrogens (tertiary/aromatic N) is 1. The van der Waals surface area contributed by atoms with E-state index in [1.807, 2.05) is 0 Å². The molecule has 0 aromatic rings. The lowest BCUT2D eigenvalue weighted by Gasteiger charge is -2.66. The monoisotopic (exact) mass is 187 g/mol. The molecule has 3 atom stereocenters. The minimum absolute atomic E-state index is 0.368. The van der Waals surface area contributed by atoms with Gasteiger partial charge in [-0.2, -0.15) is 5.26 Å². The van der Waals surface area contributed by atoms with E-state index in [0.29, 0.717) is 16.7 Å². The molecule has 0 bridgehead atoms. The predicted molar refractivity (Wildman–Crippen MR) is 55.4 cm³/mol. The van der Waals surface area contributed by atoms with Crippen LogP contribution >= 0.6 is 0 Å². The Morgan fingerprint density at radius 1 is 1.14 bits per heavy atom. The van der Waals surface area contributed by atoms with Crippen molar-refractivity contribution in [2.45, 2.75) is 44.9 Å². The fraction of sp³-hybridized carbons (Fsp3) is 0.769. The van der Waals surface area contributed by atoms with Crippen LogP contribution in [0.25, 0.3) is 0 Å². The number of nitriles is 1. The smallest absolute Gasteiger partial charge is 0.0662 e. The molecule has 0 aromatic carbocycles. The summed E-state index contributed by atoms with van der Waals surface area (Å²) in [6.45, 7) is 0. The Morgan fingerprint density at radius 3 is 2.79 bits per heavy atom. The first-order valence-electron chi connectivity index (χ1n) is 5.88. The summed E-state index contributed by atoms with van der Waals surface area (Å²) in [5, 5.41) is 9.18. The highest BCUT2D eigenvalue weighted by atomic mass is 14.7. The van der Waals surface area contributed by atoms with Gasteiger partial charge in [0.25, 0.3) is 0 Å². The van der Waals surface area contributed by atoms with E-state index >= 15 is 0 Å². The molecule has 1 heteroatoms. The van der Waals surface area contributed by atoms with Gasteiger partial charge in [-0.05, 0) is 42.9 Å². The van der Waals surface area contributed by atoms with E-state index < -0.39 is 0 Å². The van der Waals surface area contributed by atoms with Gasteiger partial charge >= 0.3 is 0 Å². The Balaban J connectivity index is 2.01. The molecular weight excluding hydrogens is 170 g/mol.